The second-order valence-corrected chi connectivity index (χ2v) is 8.29. The number of nitrogens with one attached hydrogen (secondary N) is 1. The zero-order valence-electron chi connectivity index (χ0n) is 19.8. The highest BCUT2D eigenvalue weighted by Gasteiger charge is 2.13. The van der Waals surface area contributed by atoms with Gasteiger partial charge in [-0.15, -0.1) is 6.58 Å². The number of ether oxygens (including phenoxy) is 4. The summed E-state index contributed by atoms with van der Waals surface area (Å²) < 4.78 is 22.4. The van der Waals surface area contributed by atoms with Crippen molar-refractivity contribution in [3.05, 3.63) is 94.5 Å². The summed E-state index contributed by atoms with van der Waals surface area (Å²) in [5, 5.41) is 3.94. The zero-order valence-corrected chi connectivity index (χ0v) is 21.4. The van der Waals surface area contributed by atoms with E-state index < -0.39 is 11.9 Å². The summed E-state index contributed by atoms with van der Waals surface area (Å²) in [4.78, 5) is 24.6. The molecule has 0 saturated carbocycles. The largest absolute Gasteiger partial charge is 0.493 e. The minimum Gasteiger partial charge on any atom is -0.493 e. The molecule has 3 aromatic carbocycles. The maximum atomic E-state index is 12.4. The van der Waals surface area contributed by atoms with Gasteiger partial charge in [-0.25, -0.2) is 10.2 Å². The van der Waals surface area contributed by atoms with Crippen LogP contribution in [0.4, 0.5) is 0 Å². The van der Waals surface area contributed by atoms with Crippen LogP contribution in [0.5, 0.6) is 23.0 Å². The van der Waals surface area contributed by atoms with Gasteiger partial charge in [0.15, 0.2) is 29.6 Å². The Kier molecular flexibility index (Phi) is 9.64. The van der Waals surface area contributed by atoms with Gasteiger partial charge in [-0.1, -0.05) is 34.1 Å². The third-order valence-electron chi connectivity index (χ3n) is 4.82. The molecule has 0 fully saturated rings. The summed E-state index contributed by atoms with van der Waals surface area (Å²) in [6.45, 7) is 3.47. The van der Waals surface area contributed by atoms with Gasteiger partial charge in [-0.3, -0.25) is 4.79 Å². The Morgan fingerprint density at radius 2 is 1.72 bits per heavy atom. The molecule has 0 saturated heterocycles. The van der Waals surface area contributed by atoms with E-state index in [0.717, 1.165) is 10.0 Å². The normalized spacial score (nSPS) is 10.5. The quantitative estimate of drug-likeness (QED) is 0.119. The zero-order chi connectivity index (χ0) is 25.9. The number of allylic oxidation sites excluding steroid dienone is 1. The molecule has 0 radical (unpaired) electrons. The summed E-state index contributed by atoms with van der Waals surface area (Å²) in [5.41, 5.74) is 4.44. The minimum atomic E-state index is -0.518. The Morgan fingerprint density at radius 1 is 0.972 bits per heavy atom. The van der Waals surface area contributed by atoms with Crippen LogP contribution in [0.25, 0.3) is 0 Å². The summed E-state index contributed by atoms with van der Waals surface area (Å²) in [6, 6.07) is 17.2. The molecule has 0 bridgehead atoms. The highest BCUT2D eigenvalue weighted by molar-refractivity contribution is 9.10. The number of benzene rings is 3. The molecule has 186 valence electrons. The molecule has 9 heteroatoms. The average Bonchev–Trinajstić information content (AvgIpc) is 2.88. The van der Waals surface area contributed by atoms with E-state index in [9.17, 15) is 9.59 Å². The standard InChI is InChI=1S/C27H25BrN2O6/c1-4-6-18-9-11-22(24(13-18)33-2)35-17-26(31)30-29-16-19-10-12-23(25(14-19)34-3)36-27(32)20-7-5-8-21(28)15-20/h4-5,7-16H,1,6,17H2,2-3H3,(H,30,31)/b29-16+. The minimum absolute atomic E-state index is 0.248. The van der Waals surface area contributed by atoms with Gasteiger partial charge < -0.3 is 18.9 Å². The van der Waals surface area contributed by atoms with Gasteiger partial charge in [0.05, 0.1) is 26.0 Å². The average molecular weight is 553 g/mol. The van der Waals surface area contributed by atoms with Crippen LogP contribution in [-0.2, 0) is 11.2 Å². The summed E-state index contributed by atoms with van der Waals surface area (Å²) in [7, 11) is 3.00. The van der Waals surface area contributed by atoms with Crippen molar-refractivity contribution < 1.29 is 28.5 Å². The van der Waals surface area contributed by atoms with E-state index in [0.29, 0.717) is 34.8 Å². The molecule has 0 spiro atoms. The van der Waals surface area contributed by atoms with Crippen molar-refractivity contribution in [2.45, 2.75) is 6.42 Å². The van der Waals surface area contributed by atoms with Crippen molar-refractivity contribution in [3.8, 4) is 23.0 Å². The van der Waals surface area contributed by atoms with Crippen molar-refractivity contribution in [1.29, 1.82) is 0 Å². The number of hydrogen-bond acceptors (Lipinski definition) is 7. The first-order valence-corrected chi connectivity index (χ1v) is 11.6. The molecule has 8 nitrogen and oxygen atoms in total. The lowest BCUT2D eigenvalue weighted by Crippen LogP contribution is -2.24. The molecule has 0 aliphatic rings. The lowest BCUT2D eigenvalue weighted by Gasteiger charge is -2.11. The maximum absolute atomic E-state index is 12.4. The number of nitrogens with zero attached hydrogens (tertiary/aromatic N) is 1. The number of hydrazone groups is 1. The Morgan fingerprint density at radius 3 is 2.44 bits per heavy atom. The second kappa shape index (κ2) is 13.1. The van der Waals surface area contributed by atoms with E-state index in [1.165, 1.54) is 20.4 Å². The van der Waals surface area contributed by atoms with Crippen LogP contribution >= 0.6 is 15.9 Å². The lowest BCUT2D eigenvalue weighted by atomic mass is 10.1. The first-order valence-electron chi connectivity index (χ1n) is 10.8. The molecule has 3 rings (SSSR count). The SMILES string of the molecule is C=CCc1ccc(OCC(=O)N/N=C/c2ccc(OC(=O)c3cccc(Br)c3)c(OC)c2)c(OC)c1. The van der Waals surface area contributed by atoms with Crippen LogP contribution in [0.3, 0.4) is 0 Å². The molecular formula is C27H25BrN2O6. The van der Waals surface area contributed by atoms with E-state index in [1.54, 1.807) is 48.5 Å². The van der Waals surface area contributed by atoms with E-state index >= 15 is 0 Å². The molecular weight excluding hydrogens is 528 g/mol. The lowest BCUT2D eigenvalue weighted by molar-refractivity contribution is -0.123. The summed E-state index contributed by atoms with van der Waals surface area (Å²) in [5.74, 6) is 0.597. The highest BCUT2D eigenvalue weighted by atomic mass is 79.9. The third kappa shape index (κ3) is 7.44. The topological polar surface area (TPSA) is 95.5 Å². The number of esters is 1. The van der Waals surface area contributed by atoms with E-state index in [1.807, 2.05) is 18.2 Å². The van der Waals surface area contributed by atoms with Crippen molar-refractivity contribution in [3.63, 3.8) is 0 Å². The fraction of sp³-hybridized carbons (Fsp3) is 0.148. The number of halogens is 1. The van der Waals surface area contributed by atoms with Gasteiger partial charge in [-0.2, -0.15) is 5.10 Å². The summed E-state index contributed by atoms with van der Waals surface area (Å²) >= 11 is 3.33. The van der Waals surface area contributed by atoms with Crippen molar-refractivity contribution in [2.24, 2.45) is 5.10 Å². The van der Waals surface area contributed by atoms with Crippen LogP contribution in [-0.4, -0.2) is 38.9 Å². The first-order chi connectivity index (χ1) is 17.4. The van der Waals surface area contributed by atoms with Crippen molar-refractivity contribution >= 4 is 34.0 Å². The summed E-state index contributed by atoms with van der Waals surface area (Å²) in [6.07, 6.45) is 3.93. The highest BCUT2D eigenvalue weighted by Crippen LogP contribution is 2.29. The number of hydrogen-bond donors (Lipinski definition) is 1. The Hall–Kier alpha value is -4.11. The van der Waals surface area contributed by atoms with E-state index in [2.05, 4.69) is 33.0 Å². The molecule has 3 aromatic rings. The maximum Gasteiger partial charge on any atom is 0.343 e. The predicted molar refractivity (Wildman–Crippen MR) is 140 cm³/mol. The molecule has 0 aromatic heterocycles. The number of carbonyl (C=O) groups excluding carboxylic acids is 2. The van der Waals surface area contributed by atoms with Crippen LogP contribution in [0.1, 0.15) is 21.5 Å². The number of methoxy groups -OCH3 is 2. The van der Waals surface area contributed by atoms with Gasteiger partial charge in [0.2, 0.25) is 0 Å². The van der Waals surface area contributed by atoms with E-state index in [4.69, 9.17) is 18.9 Å². The van der Waals surface area contributed by atoms with Crippen molar-refractivity contribution in [1.82, 2.24) is 5.43 Å². The fourth-order valence-electron chi connectivity index (χ4n) is 3.10. The van der Waals surface area contributed by atoms with Gasteiger partial charge in [-0.05, 0) is 66.1 Å². The molecule has 36 heavy (non-hydrogen) atoms. The van der Waals surface area contributed by atoms with Crippen LogP contribution in [0.15, 0.2) is 82.9 Å². The van der Waals surface area contributed by atoms with Gasteiger partial charge >= 0.3 is 5.97 Å². The van der Waals surface area contributed by atoms with Crippen LogP contribution in [0.2, 0.25) is 0 Å². The fourth-order valence-corrected chi connectivity index (χ4v) is 3.50. The molecule has 0 unspecified atom stereocenters. The monoisotopic (exact) mass is 552 g/mol. The number of carbonyl (C=O) groups is 2. The van der Waals surface area contributed by atoms with Crippen LogP contribution < -0.4 is 24.4 Å². The molecule has 0 heterocycles. The van der Waals surface area contributed by atoms with Gasteiger partial charge in [0.25, 0.3) is 5.91 Å². The number of amides is 1. The Balaban J connectivity index is 1.56. The van der Waals surface area contributed by atoms with Gasteiger partial charge in [0, 0.05) is 4.47 Å². The van der Waals surface area contributed by atoms with Gasteiger partial charge in [0.1, 0.15) is 0 Å². The molecule has 1 amide bonds. The number of rotatable bonds is 11. The second-order valence-electron chi connectivity index (χ2n) is 7.37. The molecule has 0 aliphatic carbocycles. The predicted octanol–water partition coefficient (Wildman–Crippen LogP) is 4.94. The Bertz CT molecular complexity index is 1270. The van der Waals surface area contributed by atoms with Crippen LogP contribution in [0, 0.1) is 0 Å². The Labute approximate surface area is 217 Å². The molecule has 0 aliphatic heterocycles. The van der Waals surface area contributed by atoms with Crippen molar-refractivity contribution in [2.75, 3.05) is 20.8 Å². The molecule has 1 N–H and O–H groups in total. The van der Waals surface area contributed by atoms with E-state index in [-0.39, 0.29) is 12.4 Å². The smallest absolute Gasteiger partial charge is 0.343 e. The molecule has 0 atom stereocenters. The third-order valence-corrected chi connectivity index (χ3v) is 5.31. The first kappa shape index (κ1) is 26.5.